The second-order valence-corrected chi connectivity index (χ2v) is 3.81. The van der Waals surface area contributed by atoms with Crippen LogP contribution in [-0.2, 0) is 11.3 Å². The van der Waals surface area contributed by atoms with Crippen molar-refractivity contribution < 1.29 is 9.90 Å². The Balaban J connectivity index is 1.86. The SMILES string of the molecule is O=C(O)CN1C=CN(Cc2ccccc2)C1. The lowest BCUT2D eigenvalue weighted by molar-refractivity contribution is -0.137. The lowest BCUT2D eigenvalue weighted by Crippen LogP contribution is -2.29. The van der Waals surface area contributed by atoms with Crippen LogP contribution < -0.4 is 0 Å². The molecule has 1 N–H and O–H groups in total. The fourth-order valence-corrected chi connectivity index (χ4v) is 1.71. The molecule has 0 bridgehead atoms. The fourth-order valence-electron chi connectivity index (χ4n) is 1.71. The quantitative estimate of drug-likeness (QED) is 0.827. The number of rotatable bonds is 4. The Morgan fingerprint density at radius 3 is 2.56 bits per heavy atom. The number of hydrogen-bond acceptors (Lipinski definition) is 3. The predicted molar refractivity (Wildman–Crippen MR) is 60.3 cm³/mol. The Morgan fingerprint density at radius 1 is 1.19 bits per heavy atom. The van der Waals surface area contributed by atoms with Crippen LogP contribution in [0.3, 0.4) is 0 Å². The van der Waals surface area contributed by atoms with Crippen molar-refractivity contribution >= 4 is 5.97 Å². The minimum Gasteiger partial charge on any atom is -0.480 e. The summed E-state index contributed by atoms with van der Waals surface area (Å²) in [5, 5.41) is 8.66. The molecule has 2 rings (SSSR count). The second kappa shape index (κ2) is 4.70. The Morgan fingerprint density at radius 2 is 1.88 bits per heavy atom. The lowest BCUT2D eigenvalue weighted by Gasteiger charge is -2.19. The second-order valence-electron chi connectivity index (χ2n) is 3.81. The van der Waals surface area contributed by atoms with Gasteiger partial charge in [-0.1, -0.05) is 30.3 Å². The van der Waals surface area contributed by atoms with E-state index in [1.165, 1.54) is 5.56 Å². The van der Waals surface area contributed by atoms with Gasteiger partial charge in [0, 0.05) is 18.9 Å². The van der Waals surface area contributed by atoms with Gasteiger partial charge in [-0.25, -0.2) is 0 Å². The Kier molecular flexibility index (Phi) is 3.10. The van der Waals surface area contributed by atoms with Crippen LogP contribution >= 0.6 is 0 Å². The highest BCUT2D eigenvalue weighted by Crippen LogP contribution is 2.11. The molecule has 1 aromatic carbocycles. The van der Waals surface area contributed by atoms with Crippen molar-refractivity contribution in [2.75, 3.05) is 13.2 Å². The van der Waals surface area contributed by atoms with Gasteiger partial charge in [0.2, 0.25) is 0 Å². The number of benzene rings is 1. The first-order valence-corrected chi connectivity index (χ1v) is 5.16. The molecule has 0 saturated carbocycles. The Bertz CT molecular complexity index is 389. The highest BCUT2D eigenvalue weighted by molar-refractivity contribution is 5.69. The summed E-state index contributed by atoms with van der Waals surface area (Å²) in [7, 11) is 0. The van der Waals surface area contributed by atoms with Gasteiger partial charge >= 0.3 is 5.97 Å². The zero-order chi connectivity index (χ0) is 11.4. The molecular weight excluding hydrogens is 204 g/mol. The molecule has 84 valence electrons. The van der Waals surface area contributed by atoms with Gasteiger partial charge in [-0.15, -0.1) is 0 Å². The van der Waals surface area contributed by atoms with Crippen LogP contribution in [0.25, 0.3) is 0 Å². The number of nitrogens with zero attached hydrogens (tertiary/aromatic N) is 2. The van der Waals surface area contributed by atoms with Crippen LogP contribution in [0.1, 0.15) is 5.56 Å². The molecule has 1 heterocycles. The Hall–Kier alpha value is -1.97. The molecule has 0 atom stereocenters. The van der Waals surface area contributed by atoms with Crippen molar-refractivity contribution in [1.82, 2.24) is 9.80 Å². The summed E-state index contributed by atoms with van der Waals surface area (Å²) in [6, 6.07) is 10.1. The molecule has 16 heavy (non-hydrogen) atoms. The summed E-state index contributed by atoms with van der Waals surface area (Å²) < 4.78 is 0. The van der Waals surface area contributed by atoms with Gasteiger partial charge in [-0.05, 0) is 5.56 Å². The number of aliphatic carboxylic acids is 1. The topological polar surface area (TPSA) is 43.8 Å². The van der Waals surface area contributed by atoms with Crippen molar-refractivity contribution in [2.24, 2.45) is 0 Å². The first kappa shape index (κ1) is 10.5. The third-order valence-corrected chi connectivity index (χ3v) is 2.42. The molecule has 0 unspecified atom stereocenters. The normalized spacial score (nSPS) is 14.5. The average molecular weight is 218 g/mol. The summed E-state index contributed by atoms with van der Waals surface area (Å²) >= 11 is 0. The van der Waals surface area contributed by atoms with E-state index in [2.05, 4.69) is 17.0 Å². The molecular formula is C12H14N2O2. The third kappa shape index (κ3) is 2.76. The Labute approximate surface area is 94.4 Å². The summed E-state index contributed by atoms with van der Waals surface area (Å²) in [6.45, 7) is 1.51. The molecule has 0 aromatic heterocycles. The van der Waals surface area contributed by atoms with E-state index in [4.69, 9.17) is 5.11 Å². The predicted octanol–water partition coefficient (Wildman–Crippen LogP) is 1.32. The minimum atomic E-state index is -0.800. The summed E-state index contributed by atoms with van der Waals surface area (Å²) in [5.41, 5.74) is 1.23. The molecule has 1 aliphatic heterocycles. The average Bonchev–Trinajstić information content (AvgIpc) is 2.66. The van der Waals surface area contributed by atoms with E-state index >= 15 is 0 Å². The molecule has 0 fully saturated rings. The van der Waals surface area contributed by atoms with Crippen LogP contribution in [0.15, 0.2) is 42.7 Å². The van der Waals surface area contributed by atoms with E-state index in [9.17, 15) is 4.79 Å². The maximum absolute atomic E-state index is 10.5. The number of hydrogen-bond donors (Lipinski definition) is 1. The van der Waals surface area contributed by atoms with Gasteiger partial charge in [0.15, 0.2) is 0 Å². The van der Waals surface area contributed by atoms with Gasteiger partial charge in [-0.3, -0.25) is 4.79 Å². The number of carboxylic acid groups (broad SMARTS) is 1. The largest absolute Gasteiger partial charge is 0.480 e. The fraction of sp³-hybridized carbons (Fsp3) is 0.250. The molecule has 1 aliphatic rings. The maximum atomic E-state index is 10.5. The number of carboxylic acids is 1. The minimum absolute atomic E-state index is 0.0573. The van der Waals surface area contributed by atoms with E-state index in [1.54, 1.807) is 4.90 Å². The van der Waals surface area contributed by atoms with E-state index in [1.807, 2.05) is 30.6 Å². The van der Waals surface area contributed by atoms with Crippen molar-refractivity contribution in [3.63, 3.8) is 0 Å². The van der Waals surface area contributed by atoms with Crippen LogP contribution in [0, 0.1) is 0 Å². The molecule has 0 aliphatic carbocycles. The monoisotopic (exact) mass is 218 g/mol. The van der Waals surface area contributed by atoms with E-state index in [0.29, 0.717) is 6.67 Å². The zero-order valence-corrected chi connectivity index (χ0v) is 8.91. The third-order valence-electron chi connectivity index (χ3n) is 2.42. The van der Waals surface area contributed by atoms with Crippen molar-refractivity contribution in [3.05, 3.63) is 48.3 Å². The molecule has 0 spiro atoms. The first-order valence-electron chi connectivity index (χ1n) is 5.16. The maximum Gasteiger partial charge on any atom is 0.323 e. The van der Waals surface area contributed by atoms with E-state index in [0.717, 1.165) is 6.54 Å². The summed E-state index contributed by atoms with van der Waals surface area (Å²) in [6.07, 6.45) is 3.74. The van der Waals surface area contributed by atoms with Crippen molar-refractivity contribution in [1.29, 1.82) is 0 Å². The number of carbonyl (C=O) groups is 1. The smallest absolute Gasteiger partial charge is 0.323 e. The van der Waals surface area contributed by atoms with Gasteiger partial charge in [0.25, 0.3) is 0 Å². The van der Waals surface area contributed by atoms with Gasteiger partial charge in [0.1, 0.15) is 6.54 Å². The van der Waals surface area contributed by atoms with Gasteiger partial charge < -0.3 is 14.9 Å². The standard InChI is InChI=1S/C12H14N2O2/c15-12(16)9-14-7-6-13(10-14)8-11-4-2-1-3-5-11/h1-7H,8-10H2,(H,15,16). The molecule has 0 saturated heterocycles. The van der Waals surface area contributed by atoms with Gasteiger partial charge in [0.05, 0.1) is 6.67 Å². The van der Waals surface area contributed by atoms with Crippen LogP contribution in [-0.4, -0.2) is 34.1 Å². The summed E-state index contributed by atoms with van der Waals surface area (Å²) in [5.74, 6) is -0.800. The molecule has 0 radical (unpaired) electrons. The molecule has 1 aromatic rings. The highest BCUT2D eigenvalue weighted by atomic mass is 16.4. The van der Waals surface area contributed by atoms with Crippen LogP contribution in [0.4, 0.5) is 0 Å². The van der Waals surface area contributed by atoms with E-state index in [-0.39, 0.29) is 6.54 Å². The molecule has 4 heteroatoms. The van der Waals surface area contributed by atoms with E-state index < -0.39 is 5.97 Å². The van der Waals surface area contributed by atoms with Crippen molar-refractivity contribution in [3.8, 4) is 0 Å². The van der Waals surface area contributed by atoms with Crippen LogP contribution in [0.2, 0.25) is 0 Å². The van der Waals surface area contributed by atoms with Gasteiger partial charge in [-0.2, -0.15) is 0 Å². The first-order chi connectivity index (χ1) is 7.74. The zero-order valence-electron chi connectivity index (χ0n) is 8.91. The molecule has 4 nitrogen and oxygen atoms in total. The van der Waals surface area contributed by atoms with Crippen LogP contribution in [0.5, 0.6) is 0 Å². The molecule has 0 amide bonds. The summed E-state index contributed by atoms with van der Waals surface area (Å²) in [4.78, 5) is 14.4. The lowest BCUT2D eigenvalue weighted by atomic mass is 10.2. The highest BCUT2D eigenvalue weighted by Gasteiger charge is 2.14. The van der Waals surface area contributed by atoms with Crippen molar-refractivity contribution in [2.45, 2.75) is 6.54 Å².